The summed E-state index contributed by atoms with van der Waals surface area (Å²) >= 11 is 10.9. The monoisotopic (exact) mass is 363 g/mol. The van der Waals surface area contributed by atoms with Crippen molar-refractivity contribution in [1.82, 2.24) is 4.98 Å². The molecular formula is C14H7BrClN3S. The first kappa shape index (κ1) is 13.4. The lowest BCUT2D eigenvalue weighted by Gasteiger charge is -2.03. The fourth-order valence-corrected chi connectivity index (χ4v) is 3.46. The number of nitrogens with one attached hydrogen (secondary N) is 1. The maximum atomic E-state index is 8.97. The summed E-state index contributed by atoms with van der Waals surface area (Å²) in [5.74, 6) is 0. The number of hydrogen-bond donors (Lipinski definition) is 1. The van der Waals surface area contributed by atoms with Crippen LogP contribution in [-0.2, 0) is 0 Å². The number of fused-ring (bicyclic) bond motifs is 1. The predicted octanol–water partition coefficient (Wildman–Crippen LogP) is 5.33. The van der Waals surface area contributed by atoms with E-state index in [9.17, 15) is 0 Å². The lowest BCUT2D eigenvalue weighted by atomic mass is 10.2. The van der Waals surface area contributed by atoms with Crippen molar-refractivity contribution >= 4 is 59.9 Å². The van der Waals surface area contributed by atoms with Gasteiger partial charge < -0.3 is 5.32 Å². The summed E-state index contributed by atoms with van der Waals surface area (Å²) < 4.78 is 1.87. The molecule has 0 saturated carbocycles. The molecule has 2 aromatic carbocycles. The molecule has 0 aliphatic heterocycles. The molecule has 0 amide bonds. The van der Waals surface area contributed by atoms with Crippen molar-refractivity contribution in [3.8, 4) is 6.07 Å². The number of nitrogens with zero attached hydrogens (tertiary/aromatic N) is 2. The van der Waals surface area contributed by atoms with Crippen LogP contribution in [0.2, 0.25) is 5.02 Å². The summed E-state index contributed by atoms with van der Waals surface area (Å²) in [6.45, 7) is 0. The van der Waals surface area contributed by atoms with Crippen LogP contribution in [0.1, 0.15) is 5.56 Å². The first-order valence-corrected chi connectivity index (χ1v) is 7.66. The molecule has 0 saturated heterocycles. The summed E-state index contributed by atoms with van der Waals surface area (Å²) in [6, 6.07) is 13.2. The summed E-state index contributed by atoms with van der Waals surface area (Å²) in [5.41, 5.74) is 2.31. The van der Waals surface area contributed by atoms with Crippen LogP contribution in [0.15, 0.2) is 40.9 Å². The molecule has 0 aliphatic rings. The van der Waals surface area contributed by atoms with Gasteiger partial charge in [-0.1, -0.05) is 38.9 Å². The van der Waals surface area contributed by atoms with E-state index in [-0.39, 0.29) is 0 Å². The first-order valence-electron chi connectivity index (χ1n) is 5.68. The van der Waals surface area contributed by atoms with Crippen LogP contribution in [0, 0.1) is 11.3 Å². The molecule has 0 atom stereocenters. The number of aromatic nitrogens is 1. The van der Waals surface area contributed by atoms with E-state index >= 15 is 0 Å². The predicted molar refractivity (Wildman–Crippen MR) is 86.8 cm³/mol. The summed E-state index contributed by atoms with van der Waals surface area (Å²) in [5, 5.41) is 13.6. The van der Waals surface area contributed by atoms with E-state index in [4.69, 9.17) is 16.9 Å². The summed E-state index contributed by atoms with van der Waals surface area (Å²) in [7, 11) is 0. The standard InChI is InChI=1S/C14H7BrClN3S/c15-9-3-8(7-17)4-11(5-9)18-14-19-12-2-1-10(16)6-13(12)20-14/h1-6H,(H,18,19). The van der Waals surface area contributed by atoms with E-state index in [1.54, 1.807) is 12.1 Å². The fourth-order valence-electron chi connectivity index (χ4n) is 1.80. The van der Waals surface area contributed by atoms with Gasteiger partial charge in [0.15, 0.2) is 5.13 Å². The number of benzene rings is 2. The molecule has 0 aliphatic carbocycles. The topological polar surface area (TPSA) is 48.7 Å². The van der Waals surface area contributed by atoms with E-state index in [1.807, 2.05) is 24.3 Å². The van der Waals surface area contributed by atoms with Gasteiger partial charge in [-0.2, -0.15) is 5.26 Å². The lowest BCUT2D eigenvalue weighted by Crippen LogP contribution is -1.90. The third kappa shape index (κ3) is 2.78. The van der Waals surface area contributed by atoms with Crippen LogP contribution in [0.4, 0.5) is 10.8 Å². The Morgan fingerprint density at radius 3 is 2.90 bits per heavy atom. The molecule has 1 N–H and O–H groups in total. The van der Waals surface area contributed by atoms with E-state index in [2.05, 4.69) is 32.3 Å². The Labute approximate surface area is 133 Å². The van der Waals surface area contributed by atoms with E-state index in [0.29, 0.717) is 10.6 Å². The van der Waals surface area contributed by atoms with Gasteiger partial charge in [-0.25, -0.2) is 4.98 Å². The minimum atomic E-state index is 0.589. The smallest absolute Gasteiger partial charge is 0.188 e. The largest absolute Gasteiger partial charge is 0.331 e. The number of thiazole rings is 1. The number of halogens is 2. The maximum absolute atomic E-state index is 8.97. The molecule has 3 rings (SSSR count). The fraction of sp³-hybridized carbons (Fsp3) is 0. The Bertz CT molecular complexity index is 838. The number of rotatable bonds is 2. The van der Waals surface area contributed by atoms with Crippen molar-refractivity contribution in [3.05, 3.63) is 51.5 Å². The van der Waals surface area contributed by atoms with Crippen molar-refractivity contribution in [2.24, 2.45) is 0 Å². The van der Waals surface area contributed by atoms with Gasteiger partial charge in [0.1, 0.15) is 0 Å². The highest BCUT2D eigenvalue weighted by atomic mass is 79.9. The summed E-state index contributed by atoms with van der Waals surface area (Å²) in [6.07, 6.45) is 0. The molecule has 1 aromatic heterocycles. The van der Waals surface area contributed by atoms with Crippen molar-refractivity contribution in [1.29, 1.82) is 5.26 Å². The average molecular weight is 365 g/mol. The third-order valence-corrected chi connectivity index (χ3v) is 4.26. The highest BCUT2D eigenvalue weighted by molar-refractivity contribution is 9.10. The SMILES string of the molecule is N#Cc1cc(Br)cc(Nc2nc3ccc(Cl)cc3s2)c1. The molecule has 0 unspecified atom stereocenters. The molecule has 1 heterocycles. The summed E-state index contributed by atoms with van der Waals surface area (Å²) in [4.78, 5) is 4.48. The van der Waals surface area contributed by atoms with E-state index in [0.717, 1.165) is 25.5 Å². The molecule has 98 valence electrons. The molecule has 3 nitrogen and oxygen atoms in total. The lowest BCUT2D eigenvalue weighted by molar-refractivity contribution is 1.42. The quantitative estimate of drug-likeness (QED) is 0.669. The minimum absolute atomic E-state index is 0.589. The van der Waals surface area contributed by atoms with Crippen molar-refractivity contribution in [2.75, 3.05) is 5.32 Å². The normalized spacial score (nSPS) is 10.4. The third-order valence-electron chi connectivity index (χ3n) is 2.63. The molecule has 0 radical (unpaired) electrons. The highest BCUT2D eigenvalue weighted by Gasteiger charge is 2.06. The van der Waals surface area contributed by atoms with Gasteiger partial charge >= 0.3 is 0 Å². The van der Waals surface area contributed by atoms with Crippen LogP contribution in [-0.4, -0.2) is 4.98 Å². The first-order chi connectivity index (χ1) is 9.64. The minimum Gasteiger partial charge on any atom is -0.331 e. The van der Waals surface area contributed by atoms with E-state index in [1.165, 1.54) is 11.3 Å². The molecule has 0 spiro atoms. The van der Waals surface area contributed by atoms with Crippen LogP contribution >= 0.6 is 38.9 Å². The van der Waals surface area contributed by atoms with Crippen molar-refractivity contribution < 1.29 is 0 Å². The second-order valence-electron chi connectivity index (χ2n) is 4.10. The van der Waals surface area contributed by atoms with Gasteiger partial charge in [0.25, 0.3) is 0 Å². The second kappa shape index (κ2) is 5.41. The van der Waals surface area contributed by atoms with Gasteiger partial charge in [-0.15, -0.1) is 0 Å². The van der Waals surface area contributed by atoms with Gasteiger partial charge in [0.2, 0.25) is 0 Å². The van der Waals surface area contributed by atoms with Crippen molar-refractivity contribution in [2.45, 2.75) is 0 Å². The Hall–Kier alpha value is -1.61. The molecule has 3 aromatic rings. The molecule has 0 fully saturated rings. The zero-order valence-electron chi connectivity index (χ0n) is 10.0. The van der Waals surface area contributed by atoms with E-state index < -0.39 is 0 Å². The second-order valence-corrected chi connectivity index (χ2v) is 6.48. The molecule has 20 heavy (non-hydrogen) atoms. The van der Waals surface area contributed by atoms with Crippen LogP contribution in [0.25, 0.3) is 10.2 Å². The zero-order chi connectivity index (χ0) is 14.1. The van der Waals surface area contributed by atoms with Crippen LogP contribution in [0.5, 0.6) is 0 Å². The molecule has 0 bridgehead atoms. The number of nitriles is 1. The number of anilines is 2. The Kier molecular flexibility index (Phi) is 3.62. The van der Waals surface area contributed by atoms with Crippen LogP contribution in [0.3, 0.4) is 0 Å². The maximum Gasteiger partial charge on any atom is 0.188 e. The highest BCUT2D eigenvalue weighted by Crippen LogP contribution is 2.31. The Morgan fingerprint density at radius 1 is 1.25 bits per heavy atom. The molecular weight excluding hydrogens is 358 g/mol. The van der Waals surface area contributed by atoms with Gasteiger partial charge in [0.05, 0.1) is 21.8 Å². The van der Waals surface area contributed by atoms with Crippen LogP contribution < -0.4 is 5.32 Å². The Morgan fingerprint density at radius 2 is 2.10 bits per heavy atom. The Balaban J connectivity index is 1.97. The average Bonchev–Trinajstić information content (AvgIpc) is 2.79. The number of hydrogen-bond acceptors (Lipinski definition) is 4. The van der Waals surface area contributed by atoms with Gasteiger partial charge in [0, 0.05) is 15.2 Å². The zero-order valence-corrected chi connectivity index (χ0v) is 13.2. The van der Waals surface area contributed by atoms with Gasteiger partial charge in [-0.05, 0) is 36.4 Å². The van der Waals surface area contributed by atoms with Crippen molar-refractivity contribution in [3.63, 3.8) is 0 Å². The van der Waals surface area contributed by atoms with Gasteiger partial charge in [-0.3, -0.25) is 0 Å². The molecule has 6 heteroatoms.